The van der Waals surface area contributed by atoms with Gasteiger partial charge in [0.05, 0.1) is 17.0 Å². The number of nitrogens with zero attached hydrogens (tertiary/aromatic N) is 3. The Morgan fingerprint density at radius 3 is 2.39 bits per heavy atom. The van der Waals surface area contributed by atoms with Crippen molar-refractivity contribution in [1.82, 2.24) is 14.1 Å². The number of anilines is 1. The lowest BCUT2D eigenvalue weighted by Crippen LogP contribution is -2.21. The topological polar surface area (TPSA) is 51.9 Å². The molecule has 1 atom stereocenters. The van der Waals surface area contributed by atoms with Crippen LogP contribution in [0.4, 0.5) is 5.95 Å². The predicted molar refractivity (Wildman–Crippen MR) is 126 cm³/mol. The summed E-state index contributed by atoms with van der Waals surface area (Å²) in [6.07, 6.45) is 2.04. The van der Waals surface area contributed by atoms with E-state index in [2.05, 4.69) is 41.1 Å². The third-order valence-corrected chi connectivity index (χ3v) is 5.88. The van der Waals surface area contributed by atoms with Gasteiger partial charge in [-0.05, 0) is 49.7 Å². The second-order valence-corrected chi connectivity index (χ2v) is 8.02. The Morgan fingerprint density at radius 1 is 0.935 bits per heavy atom. The standard InChI is InChI=1S/C26H24N4O/c1-17-12-14-19(15-13-17)30-24-11-7-5-9-22(24)27-26(30)28-25(31)18(2)21-16-29(3)23-10-6-4-8-20(21)23/h4-16,18H,1-3H3,(H,27,28,31). The van der Waals surface area contributed by atoms with Crippen LogP contribution in [0, 0.1) is 6.92 Å². The minimum absolute atomic E-state index is 0.0833. The lowest BCUT2D eigenvalue weighted by molar-refractivity contribution is -0.117. The van der Waals surface area contributed by atoms with Gasteiger partial charge in [0.1, 0.15) is 0 Å². The Kier molecular flexibility index (Phi) is 4.59. The van der Waals surface area contributed by atoms with Gasteiger partial charge in [-0.2, -0.15) is 0 Å². The maximum Gasteiger partial charge on any atom is 0.234 e. The molecule has 0 saturated carbocycles. The number of rotatable bonds is 4. The summed E-state index contributed by atoms with van der Waals surface area (Å²) in [5.74, 6) is 0.125. The number of carbonyl (C=O) groups excluding carboxylic acids is 1. The Labute approximate surface area is 181 Å². The minimum atomic E-state index is -0.322. The molecule has 31 heavy (non-hydrogen) atoms. The first-order valence-electron chi connectivity index (χ1n) is 10.4. The van der Waals surface area contributed by atoms with Gasteiger partial charge in [0.25, 0.3) is 0 Å². The SMILES string of the molecule is Cc1ccc(-n2c(NC(=O)C(C)c3cn(C)c4ccccc34)nc3ccccc32)cc1. The molecule has 2 aromatic heterocycles. The number of imidazole rings is 1. The van der Waals surface area contributed by atoms with E-state index in [-0.39, 0.29) is 11.8 Å². The van der Waals surface area contributed by atoms with Gasteiger partial charge in [0.15, 0.2) is 0 Å². The summed E-state index contributed by atoms with van der Waals surface area (Å²) in [4.78, 5) is 18.0. The zero-order valence-corrected chi connectivity index (χ0v) is 17.8. The molecule has 0 radical (unpaired) electrons. The lowest BCUT2D eigenvalue weighted by atomic mass is 10.00. The number of fused-ring (bicyclic) bond motifs is 2. The summed E-state index contributed by atoms with van der Waals surface area (Å²) in [6.45, 7) is 4.00. The number of aryl methyl sites for hydroxylation is 2. The maximum absolute atomic E-state index is 13.3. The van der Waals surface area contributed by atoms with Crippen LogP contribution in [0.1, 0.15) is 24.0 Å². The fourth-order valence-electron chi connectivity index (χ4n) is 4.14. The fraction of sp³-hybridized carbons (Fsp3) is 0.154. The van der Waals surface area contributed by atoms with Gasteiger partial charge in [-0.3, -0.25) is 14.7 Å². The van der Waals surface area contributed by atoms with Gasteiger partial charge in [0, 0.05) is 29.8 Å². The molecule has 0 aliphatic carbocycles. The Balaban J connectivity index is 1.55. The average molecular weight is 409 g/mol. The maximum atomic E-state index is 13.3. The molecule has 5 heteroatoms. The van der Waals surface area contributed by atoms with Crippen molar-refractivity contribution in [3.63, 3.8) is 0 Å². The van der Waals surface area contributed by atoms with Crippen molar-refractivity contribution in [3.05, 3.63) is 90.1 Å². The van der Waals surface area contributed by atoms with Crippen molar-refractivity contribution >= 4 is 33.8 Å². The third kappa shape index (κ3) is 3.28. The third-order valence-electron chi connectivity index (χ3n) is 5.88. The minimum Gasteiger partial charge on any atom is -0.350 e. The van der Waals surface area contributed by atoms with Crippen LogP contribution in [-0.4, -0.2) is 20.0 Å². The summed E-state index contributed by atoms with van der Waals surface area (Å²) in [5.41, 5.74) is 6.07. The molecule has 0 aliphatic rings. The van der Waals surface area contributed by atoms with E-state index in [4.69, 9.17) is 4.98 Å². The quantitative estimate of drug-likeness (QED) is 0.423. The van der Waals surface area contributed by atoms with Crippen LogP contribution in [-0.2, 0) is 11.8 Å². The van der Waals surface area contributed by atoms with Crippen molar-refractivity contribution in [2.45, 2.75) is 19.8 Å². The van der Waals surface area contributed by atoms with E-state index in [0.29, 0.717) is 5.95 Å². The zero-order chi connectivity index (χ0) is 21.5. The fourth-order valence-corrected chi connectivity index (χ4v) is 4.14. The summed E-state index contributed by atoms with van der Waals surface area (Å²) in [6, 6.07) is 24.3. The number of aromatic nitrogens is 3. The number of hydrogen-bond donors (Lipinski definition) is 1. The van der Waals surface area contributed by atoms with Crippen LogP contribution >= 0.6 is 0 Å². The Morgan fingerprint density at radius 2 is 1.61 bits per heavy atom. The molecule has 1 amide bonds. The second-order valence-electron chi connectivity index (χ2n) is 8.02. The normalized spacial score (nSPS) is 12.4. The molecule has 0 bridgehead atoms. The van der Waals surface area contributed by atoms with Gasteiger partial charge in [-0.25, -0.2) is 4.98 Å². The van der Waals surface area contributed by atoms with Crippen LogP contribution in [0.5, 0.6) is 0 Å². The number of para-hydroxylation sites is 3. The summed E-state index contributed by atoms with van der Waals surface area (Å²) >= 11 is 0. The monoisotopic (exact) mass is 408 g/mol. The molecule has 5 nitrogen and oxygen atoms in total. The highest BCUT2D eigenvalue weighted by atomic mass is 16.2. The summed E-state index contributed by atoms with van der Waals surface area (Å²) < 4.78 is 4.07. The molecule has 0 spiro atoms. The largest absolute Gasteiger partial charge is 0.350 e. The Hall–Kier alpha value is -3.86. The first kappa shape index (κ1) is 19.1. The molecular weight excluding hydrogens is 384 g/mol. The molecular formula is C26H24N4O. The first-order chi connectivity index (χ1) is 15.0. The van der Waals surface area contributed by atoms with E-state index in [1.165, 1.54) is 5.56 Å². The summed E-state index contributed by atoms with van der Waals surface area (Å²) in [7, 11) is 2.01. The van der Waals surface area contributed by atoms with Crippen molar-refractivity contribution in [2.24, 2.45) is 7.05 Å². The predicted octanol–water partition coefficient (Wildman–Crippen LogP) is 5.57. The van der Waals surface area contributed by atoms with Crippen LogP contribution < -0.4 is 5.32 Å². The van der Waals surface area contributed by atoms with E-state index >= 15 is 0 Å². The molecule has 5 aromatic rings. The van der Waals surface area contributed by atoms with Crippen LogP contribution in [0.25, 0.3) is 27.6 Å². The number of benzene rings is 3. The molecule has 154 valence electrons. The van der Waals surface area contributed by atoms with Gasteiger partial charge >= 0.3 is 0 Å². The molecule has 1 N–H and O–H groups in total. The van der Waals surface area contributed by atoms with E-state index < -0.39 is 0 Å². The van der Waals surface area contributed by atoms with Crippen molar-refractivity contribution in [1.29, 1.82) is 0 Å². The van der Waals surface area contributed by atoms with Crippen molar-refractivity contribution < 1.29 is 4.79 Å². The van der Waals surface area contributed by atoms with E-state index in [0.717, 1.165) is 33.2 Å². The van der Waals surface area contributed by atoms with E-state index in [1.54, 1.807) is 0 Å². The number of nitrogens with one attached hydrogen (secondary N) is 1. The first-order valence-corrected chi connectivity index (χ1v) is 10.4. The van der Waals surface area contributed by atoms with Gasteiger partial charge < -0.3 is 4.57 Å². The highest BCUT2D eigenvalue weighted by Gasteiger charge is 2.22. The summed E-state index contributed by atoms with van der Waals surface area (Å²) in [5, 5.41) is 4.19. The van der Waals surface area contributed by atoms with Crippen molar-refractivity contribution in [2.75, 3.05) is 5.32 Å². The highest BCUT2D eigenvalue weighted by Crippen LogP contribution is 2.30. The molecule has 2 heterocycles. The highest BCUT2D eigenvalue weighted by molar-refractivity contribution is 5.99. The zero-order valence-electron chi connectivity index (χ0n) is 17.8. The number of hydrogen-bond acceptors (Lipinski definition) is 2. The van der Waals surface area contributed by atoms with Gasteiger partial charge in [-0.1, -0.05) is 48.0 Å². The smallest absolute Gasteiger partial charge is 0.234 e. The van der Waals surface area contributed by atoms with Crippen LogP contribution in [0.3, 0.4) is 0 Å². The van der Waals surface area contributed by atoms with Crippen molar-refractivity contribution in [3.8, 4) is 5.69 Å². The molecule has 5 rings (SSSR count). The molecule has 0 aliphatic heterocycles. The Bertz CT molecular complexity index is 1410. The molecule has 0 fully saturated rings. The van der Waals surface area contributed by atoms with E-state index in [9.17, 15) is 4.79 Å². The number of amides is 1. The lowest BCUT2D eigenvalue weighted by Gasteiger charge is -2.14. The second kappa shape index (κ2) is 7.43. The molecule has 0 saturated heterocycles. The average Bonchev–Trinajstić information content (AvgIpc) is 3.31. The van der Waals surface area contributed by atoms with Crippen LogP contribution in [0.2, 0.25) is 0 Å². The molecule has 3 aromatic carbocycles. The van der Waals surface area contributed by atoms with Gasteiger partial charge in [0.2, 0.25) is 11.9 Å². The van der Waals surface area contributed by atoms with E-state index in [1.807, 2.05) is 73.3 Å². The van der Waals surface area contributed by atoms with Gasteiger partial charge in [-0.15, -0.1) is 0 Å². The number of carbonyl (C=O) groups is 1. The molecule has 1 unspecified atom stereocenters. The van der Waals surface area contributed by atoms with Crippen LogP contribution in [0.15, 0.2) is 79.0 Å².